The number of piperidine rings is 1. The number of nitrogens with zero attached hydrogens (tertiary/aromatic N) is 2. The molecule has 0 saturated carbocycles. The topological polar surface area (TPSA) is 43.8 Å². The van der Waals surface area contributed by atoms with E-state index in [4.69, 9.17) is 5.11 Å². The molecule has 0 aliphatic carbocycles. The highest BCUT2D eigenvalue weighted by Crippen LogP contribution is 2.20. The van der Waals surface area contributed by atoms with Crippen LogP contribution in [0.2, 0.25) is 0 Å². The van der Waals surface area contributed by atoms with E-state index in [0.717, 1.165) is 32.0 Å². The van der Waals surface area contributed by atoms with Gasteiger partial charge in [-0.05, 0) is 38.5 Å². The zero-order chi connectivity index (χ0) is 16.1. The van der Waals surface area contributed by atoms with Crippen LogP contribution < -0.4 is 0 Å². The second-order valence-electron chi connectivity index (χ2n) is 5.68. The molecule has 0 amide bonds. The second-order valence-corrected chi connectivity index (χ2v) is 5.68. The van der Waals surface area contributed by atoms with Crippen molar-refractivity contribution in [3.8, 4) is 0 Å². The van der Waals surface area contributed by atoms with Gasteiger partial charge in [-0.1, -0.05) is 19.1 Å². The van der Waals surface area contributed by atoms with E-state index < -0.39 is 17.6 Å². The number of likely N-dealkylation sites (tertiary alicyclic amines) is 1. The van der Waals surface area contributed by atoms with Crippen LogP contribution in [-0.2, 0) is 11.3 Å². The molecule has 1 N–H and O–H groups in total. The minimum atomic E-state index is -0.814. The van der Waals surface area contributed by atoms with E-state index in [-0.39, 0.29) is 12.6 Å². The minimum absolute atomic E-state index is 0.0552. The Balaban J connectivity index is 1.89. The molecule has 1 aromatic carbocycles. The summed E-state index contributed by atoms with van der Waals surface area (Å²) < 4.78 is 26.9. The van der Waals surface area contributed by atoms with Gasteiger partial charge in [-0.3, -0.25) is 14.6 Å². The Labute approximate surface area is 129 Å². The standard InChI is InChI=1S/C16H22F2N2O2/c1-2-20(11-15(21)22)13-6-8-19(9-7-13)10-12-4-3-5-14(17)16(12)18/h3-5,13H,2,6-11H2,1H3,(H,21,22). The van der Waals surface area contributed by atoms with Crippen LogP contribution in [0.25, 0.3) is 0 Å². The van der Waals surface area contributed by atoms with Gasteiger partial charge < -0.3 is 5.11 Å². The summed E-state index contributed by atoms with van der Waals surface area (Å²) in [7, 11) is 0. The first kappa shape index (κ1) is 16.8. The quantitative estimate of drug-likeness (QED) is 0.875. The van der Waals surface area contributed by atoms with Gasteiger partial charge in [-0.25, -0.2) is 8.78 Å². The zero-order valence-electron chi connectivity index (χ0n) is 12.8. The molecular formula is C16H22F2N2O2. The largest absolute Gasteiger partial charge is 0.480 e. The van der Waals surface area contributed by atoms with Crippen molar-refractivity contribution in [3.05, 3.63) is 35.4 Å². The monoisotopic (exact) mass is 312 g/mol. The molecule has 0 bridgehead atoms. The Hall–Kier alpha value is -1.53. The molecule has 1 fully saturated rings. The maximum absolute atomic E-state index is 13.7. The Bertz CT molecular complexity index is 517. The number of likely N-dealkylation sites (N-methyl/N-ethyl adjacent to an activating group) is 1. The van der Waals surface area contributed by atoms with Crippen LogP contribution in [0.4, 0.5) is 8.78 Å². The molecule has 0 aromatic heterocycles. The highest BCUT2D eigenvalue weighted by atomic mass is 19.2. The van der Waals surface area contributed by atoms with Gasteiger partial charge in [0.2, 0.25) is 0 Å². The molecule has 1 aliphatic heterocycles. The van der Waals surface area contributed by atoms with Gasteiger partial charge in [0.05, 0.1) is 6.54 Å². The maximum atomic E-state index is 13.7. The normalized spacial score (nSPS) is 17.1. The summed E-state index contributed by atoms with van der Waals surface area (Å²) >= 11 is 0. The van der Waals surface area contributed by atoms with Gasteiger partial charge in [-0.2, -0.15) is 0 Å². The summed E-state index contributed by atoms with van der Waals surface area (Å²) in [5.74, 6) is -2.40. The molecule has 2 rings (SSSR count). The van der Waals surface area contributed by atoms with E-state index >= 15 is 0 Å². The van der Waals surface area contributed by atoms with E-state index in [2.05, 4.69) is 4.90 Å². The van der Waals surface area contributed by atoms with Crippen LogP contribution in [0.1, 0.15) is 25.3 Å². The molecule has 0 unspecified atom stereocenters. The molecular weight excluding hydrogens is 290 g/mol. The van der Waals surface area contributed by atoms with E-state index in [0.29, 0.717) is 18.7 Å². The number of rotatable bonds is 6. The number of halogens is 2. The van der Waals surface area contributed by atoms with Crippen molar-refractivity contribution >= 4 is 5.97 Å². The smallest absolute Gasteiger partial charge is 0.317 e. The summed E-state index contributed by atoms with van der Waals surface area (Å²) in [4.78, 5) is 14.9. The van der Waals surface area contributed by atoms with Crippen LogP contribution in [0.15, 0.2) is 18.2 Å². The lowest BCUT2D eigenvalue weighted by atomic mass is 10.0. The minimum Gasteiger partial charge on any atom is -0.480 e. The molecule has 6 heteroatoms. The average molecular weight is 312 g/mol. The number of carbonyl (C=O) groups is 1. The summed E-state index contributed by atoms with van der Waals surface area (Å²) in [6, 6.07) is 4.49. The Morgan fingerprint density at radius 1 is 1.36 bits per heavy atom. The summed E-state index contributed by atoms with van der Waals surface area (Å²) in [5, 5.41) is 8.92. The molecule has 22 heavy (non-hydrogen) atoms. The molecule has 1 saturated heterocycles. The first-order valence-electron chi connectivity index (χ1n) is 7.62. The zero-order valence-corrected chi connectivity index (χ0v) is 12.8. The van der Waals surface area contributed by atoms with Gasteiger partial charge >= 0.3 is 5.97 Å². The number of aliphatic carboxylic acids is 1. The first-order chi connectivity index (χ1) is 10.5. The number of carboxylic acids is 1. The maximum Gasteiger partial charge on any atom is 0.317 e. The van der Waals surface area contributed by atoms with Crippen molar-refractivity contribution in [3.63, 3.8) is 0 Å². The van der Waals surface area contributed by atoms with Gasteiger partial charge in [0.1, 0.15) is 0 Å². The van der Waals surface area contributed by atoms with Crippen LogP contribution in [0.5, 0.6) is 0 Å². The van der Waals surface area contributed by atoms with Crippen molar-refractivity contribution in [2.75, 3.05) is 26.2 Å². The number of benzene rings is 1. The predicted octanol–water partition coefficient (Wildman–Crippen LogP) is 2.34. The Morgan fingerprint density at radius 2 is 2.05 bits per heavy atom. The molecule has 1 aliphatic rings. The van der Waals surface area contributed by atoms with E-state index in [9.17, 15) is 13.6 Å². The second kappa shape index (κ2) is 7.65. The van der Waals surface area contributed by atoms with E-state index in [1.54, 1.807) is 6.07 Å². The van der Waals surface area contributed by atoms with E-state index in [1.165, 1.54) is 6.07 Å². The van der Waals surface area contributed by atoms with Crippen LogP contribution >= 0.6 is 0 Å². The molecule has 0 spiro atoms. The molecule has 0 radical (unpaired) electrons. The SMILES string of the molecule is CCN(CC(=O)O)C1CCN(Cc2cccc(F)c2F)CC1. The van der Waals surface area contributed by atoms with Crippen molar-refractivity contribution in [1.82, 2.24) is 9.80 Å². The lowest BCUT2D eigenvalue weighted by Gasteiger charge is -2.37. The fourth-order valence-electron chi connectivity index (χ4n) is 3.03. The molecule has 1 heterocycles. The Kier molecular flexibility index (Phi) is 5.85. The number of hydrogen-bond donors (Lipinski definition) is 1. The molecule has 1 aromatic rings. The van der Waals surface area contributed by atoms with Crippen LogP contribution in [-0.4, -0.2) is 53.1 Å². The third-order valence-corrected chi connectivity index (χ3v) is 4.24. The highest BCUT2D eigenvalue weighted by Gasteiger charge is 2.25. The Morgan fingerprint density at radius 3 is 2.64 bits per heavy atom. The molecule has 0 atom stereocenters. The summed E-state index contributed by atoms with van der Waals surface area (Å²) in [6.45, 7) is 4.63. The van der Waals surface area contributed by atoms with Crippen molar-refractivity contribution in [2.45, 2.75) is 32.4 Å². The van der Waals surface area contributed by atoms with Crippen molar-refractivity contribution < 1.29 is 18.7 Å². The molecule has 4 nitrogen and oxygen atoms in total. The number of carboxylic acid groups (broad SMARTS) is 1. The average Bonchev–Trinajstić information content (AvgIpc) is 2.50. The fraction of sp³-hybridized carbons (Fsp3) is 0.562. The van der Waals surface area contributed by atoms with Crippen LogP contribution in [0.3, 0.4) is 0 Å². The number of hydrogen-bond acceptors (Lipinski definition) is 3. The highest BCUT2D eigenvalue weighted by molar-refractivity contribution is 5.69. The third kappa shape index (κ3) is 4.24. The van der Waals surface area contributed by atoms with Gasteiger partial charge in [0.15, 0.2) is 11.6 Å². The van der Waals surface area contributed by atoms with Crippen molar-refractivity contribution in [1.29, 1.82) is 0 Å². The lowest BCUT2D eigenvalue weighted by Crippen LogP contribution is -2.46. The molecule has 122 valence electrons. The van der Waals surface area contributed by atoms with Crippen molar-refractivity contribution in [2.24, 2.45) is 0 Å². The van der Waals surface area contributed by atoms with Gasteiger partial charge in [0.25, 0.3) is 0 Å². The fourth-order valence-corrected chi connectivity index (χ4v) is 3.03. The summed E-state index contributed by atoms with van der Waals surface area (Å²) in [6.07, 6.45) is 1.69. The first-order valence-corrected chi connectivity index (χ1v) is 7.62. The summed E-state index contributed by atoms with van der Waals surface area (Å²) in [5.41, 5.74) is 0.372. The van der Waals surface area contributed by atoms with Crippen LogP contribution in [0, 0.1) is 11.6 Å². The van der Waals surface area contributed by atoms with Gasteiger partial charge in [0, 0.05) is 18.2 Å². The lowest BCUT2D eigenvalue weighted by molar-refractivity contribution is -0.139. The third-order valence-electron chi connectivity index (χ3n) is 4.24. The van der Waals surface area contributed by atoms with Gasteiger partial charge in [-0.15, -0.1) is 0 Å². The predicted molar refractivity (Wildman–Crippen MR) is 79.5 cm³/mol. The van der Waals surface area contributed by atoms with E-state index in [1.807, 2.05) is 11.8 Å².